The van der Waals surface area contributed by atoms with E-state index in [0.29, 0.717) is 5.56 Å². The van der Waals surface area contributed by atoms with Crippen LogP contribution < -0.4 is 0 Å². The van der Waals surface area contributed by atoms with Crippen LogP contribution in [0.1, 0.15) is 31.7 Å². The standard InChI is InChI=1S/C14H17F2NO2/c1-14(9-13(18)19,17-6-2-3-7-17)10-4-5-11(15)12(16)8-10/h4-5,8H,2-3,6-7,9H2,1H3,(H,18,19). The van der Waals surface area contributed by atoms with E-state index < -0.39 is 23.1 Å². The van der Waals surface area contributed by atoms with Crippen molar-refractivity contribution in [3.8, 4) is 0 Å². The molecule has 1 aliphatic rings. The molecule has 19 heavy (non-hydrogen) atoms. The van der Waals surface area contributed by atoms with Crippen molar-refractivity contribution in [2.45, 2.75) is 31.7 Å². The van der Waals surface area contributed by atoms with E-state index in [2.05, 4.69) is 0 Å². The number of carboxylic acids is 1. The molecule has 5 heteroatoms. The van der Waals surface area contributed by atoms with Gasteiger partial charge in [-0.3, -0.25) is 9.69 Å². The molecule has 1 aliphatic heterocycles. The van der Waals surface area contributed by atoms with Crippen LogP contribution in [0.4, 0.5) is 8.78 Å². The van der Waals surface area contributed by atoms with Crippen LogP contribution in [0.5, 0.6) is 0 Å². The van der Waals surface area contributed by atoms with Crippen molar-refractivity contribution in [2.24, 2.45) is 0 Å². The van der Waals surface area contributed by atoms with E-state index in [0.717, 1.165) is 38.1 Å². The molecule has 1 N–H and O–H groups in total. The summed E-state index contributed by atoms with van der Waals surface area (Å²) < 4.78 is 26.4. The normalized spacial score (nSPS) is 19.3. The summed E-state index contributed by atoms with van der Waals surface area (Å²) >= 11 is 0. The number of rotatable bonds is 4. The minimum absolute atomic E-state index is 0.127. The zero-order valence-corrected chi connectivity index (χ0v) is 10.8. The Labute approximate surface area is 110 Å². The third-order valence-electron chi connectivity index (χ3n) is 3.84. The second-order valence-corrected chi connectivity index (χ2v) is 5.17. The maximum Gasteiger partial charge on any atom is 0.305 e. The number of carboxylic acid groups (broad SMARTS) is 1. The molecule has 0 spiro atoms. The van der Waals surface area contributed by atoms with Crippen molar-refractivity contribution in [1.82, 2.24) is 4.90 Å². The lowest BCUT2D eigenvalue weighted by molar-refractivity contribution is -0.140. The van der Waals surface area contributed by atoms with Crippen LogP contribution in [0.3, 0.4) is 0 Å². The molecule has 0 aromatic heterocycles. The molecule has 0 amide bonds. The van der Waals surface area contributed by atoms with Gasteiger partial charge in [0.25, 0.3) is 0 Å². The first-order valence-corrected chi connectivity index (χ1v) is 6.36. The SMILES string of the molecule is CC(CC(=O)O)(c1ccc(F)c(F)c1)N1CCCC1. The minimum Gasteiger partial charge on any atom is -0.481 e. The molecule has 1 saturated heterocycles. The van der Waals surface area contributed by atoms with E-state index in [1.54, 1.807) is 6.92 Å². The highest BCUT2D eigenvalue weighted by atomic mass is 19.2. The van der Waals surface area contributed by atoms with Crippen LogP contribution in [-0.2, 0) is 10.3 Å². The van der Waals surface area contributed by atoms with Crippen molar-refractivity contribution in [3.63, 3.8) is 0 Å². The average molecular weight is 269 g/mol. The van der Waals surface area contributed by atoms with Gasteiger partial charge in [0.1, 0.15) is 0 Å². The fraction of sp³-hybridized carbons (Fsp3) is 0.500. The number of hydrogen-bond acceptors (Lipinski definition) is 2. The minimum atomic E-state index is -0.945. The predicted molar refractivity (Wildman–Crippen MR) is 66.8 cm³/mol. The molecule has 0 aliphatic carbocycles. The Morgan fingerprint density at radius 3 is 2.47 bits per heavy atom. The topological polar surface area (TPSA) is 40.5 Å². The number of likely N-dealkylation sites (tertiary alicyclic amines) is 1. The van der Waals surface area contributed by atoms with Gasteiger partial charge in [0, 0.05) is 0 Å². The third-order valence-corrected chi connectivity index (χ3v) is 3.84. The van der Waals surface area contributed by atoms with Crippen LogP contribution in [0.15, 0.2) is 18.2 Å². The molecule has 1 aromatic carbocycles. The highest BCUT2D eigenvalue weighted by Gasteiger charge is 2.37. The fourth-order valence-corrected chi connectivity index (χ4v) is 2.73. The summed E-state index contributed by atoms with van der Waals surface area (Å²) in [5.74, 6) is -2.80. The van der Waals surface area contributed by atoms with Crippen molar-refractivity contribution in [3.05, 3.63) is 35.4 Å². The summed E-state index contributed by atoms with van der Waals surface area (Å²) in [6, 6.07) is 3.64. The molecule has 1 aromatic rings. The molecular weight excluding hydrogens is 252 g/mol. The molecule has 1 unspecified atom stereocenters. The summed E-state index contributed by atoms with van der Waals surface area (Å²) in [4.78, 5) is 13.1. The Bertz CT molecular complexity index is 486. The van der Waals surface area contributed by atoms with Crippen LogP contribution in [-0.4, -0.2) is 29.1 Å². The zero-order valence-electron chi connectivity index (χ0n) is 10.8. The Hall–Kier alpha value is -1.49. The van der Waals surface area contributed by atoms with Crippen molar-refractivity contribution < 1.29 is 18.7 Å². The van der Waals surface area contributed by atoms with Crippen LogP contribution in [0.2, 0.25) is 0 Å². The smallest absolute Gasteiger partial charge is 0.305 e. The highest BCUT2D eigenvalue weighted by molar-refractivity contribution is 5.69. The molecule has 0 radical (unpaired) electrons. The van der Waals surface area contributed by atoms with Gasteiger partial charge in [-0.2, -0.15) is 0 Å². The van der Waals surface area contributed by atoms with Gasteiger partial charge in [0.2, 0.25) is 0 Å². The second kappa shape index (κ2) is 5.25. The molecule has 1 atom stereocenters. The first kappa shape index (κ1) is 13.9. The van der Waals surface area contributed by atoms with Gasteiger partial charge in [0.05, 0.1) is 12.0 Å². The molecular formula is C14H17F2NO2. The average Bonchev–Trinajstić information content (AvgIpc) is 2.85. The monoisotopic (exact) mass is 269 g/mol. The lowest BCUT2D eigenvalue weighted by Crippen LogP contribution is -2.43. The summed E-state index contributed by atoms with van der Waals surface area (Å²) in [5, 5.41) is 9.10. The van der Waals surface area contributed by atoms with E-state index in [1.807, 2.05) is 4.90 Å². The lowest BCUT2D eigenvalue weighted by Gasteiger charge is -2.38. The van der Waals surface area contributed by atoms with E-state index in [-0.39, 0.29) is 6.42 Å². The summed E-state index contributed by atoms with van der Waals surface area (Å²) in [5.41, 5.74) is -0.285. The number of hydrogen-bond donors (Lipinski definition) is 1. The van der Waals surface area contributed by atoms with Gasteiger partial charge in [-0.05, 0) is 50.6 Å². The maximum absolute atomic E-state index is 13.4. The van der Waals surface area contributed by atoms with Gasteiger partial charge < -0.3 is 5.11 Å². The van der Waals surface area contributed by atoms with Gasteiger partial charge >= 0.3 is 5.97 Å². The summed E-state index contributed by atoms with van der Waals surface area (Å²) in [6.45, 7) is 3.34. The number of aliphatic carboxylic acids is 1. The molecule has 1 fully saturated rings. The molecule has 2 rings (SSSR count). The molecule has 3 nitrogen and oxygen atoms in total. The Kier molecular flexibility index (Phi) is 3.85. The second-order valence-electron chi connectivity index (χ2n) is 5.17. The number of carbonyl (C=O) groups is 1. The van der Waals surface area contributed by atoms with Crippen LogP contribution in [0.25, 0.3) is 0 Å². The van der Waals surface area contributed by atoms with E-state index in [9.17, 15) is 13.6 Å². The summed E-state index contributed by atoms with van der Waals surface area (Å²) in [6.07, 6.45) is 1.87. The predicted octanol–water partition coefficient (Wildman–Crippen LogP) is 2.75. The van der Waals surface area contributed by atoms with Crippen LogP contribution in [0, 0.1) is 11.6 Å². The first-order valence-electron chi connectivity index (χ1n) is 6.36. The number of benzene rings is 1. The molecule has 104 valence electrons. The Balaban J connectivity index is 2.40. The van der Waals surface area contributed by atoms with E-state index in [1.165, 1.54) is 6.07 Å². The van der Waals surface area contributed by atoms with E-state index >= 15 is 0 Å². The largest absolute Gasteiger partial charge is 0.481 e. The summed E-state index contributed by atoms with van der Waals surface area (Å²) in [7, 11) is 0. The first-order chi connectivity index (χ1) is 8.93. The quantitative estimate of drug-likeness (QED) is 0.913. The van der Waals surface area contributed by atoms with Crippen LogP contribution >= 0.6 is 0 Å². The Morgan fingerprint density at radius 1 is 1.32 bits per heavy atom. The maximum atomic E-state index is 13.4. The van der Waals surface area contributed by atoms with Crippen molar-refractivity contribution in [2.75, 3.05) is 13.1 Å². The van der Waals surface area contributed by atoms with Crippen molar-refractivity contribution >= 4 is 5.97 Å². The molecule has 0 bridgehead atoms. The van der Waals surface area contributed by atoms with Gasteiger partial charge in [-0.1, -0.05) is 6.07 Å². The Morgan fingerprint density at radius 2 is 1.95 bits per heavy atom. The van der Waals surface area contributed by atoms with Crippen molar-refractivity contribution in [1.29, 1.82) is 0 Å². The fourth-order valence-electron chi connectivity index (χ4n) is 2.73. The highest BCUT2D eigenvalue weighted by Crippen LogP contribution is 2.35. The number of halogens is 2. The van der Waals surface area contributed by atoms with E-state index in [4.69, 9.17) is 5.11 Å². The zero-order chi connectivity index (χ0) is 14.0. The number of nitrogens with zero attached hydrogens (tertiary/aromatic N) is 1. The van der Waals surface area contributed by atoms with Gasteiger partial charge in [0.15, 0.2) is 11.6 Å². The molecule has 0 saturated carbocycles. The molecule has 1 heterocycles. The third kappa shape index (κ3) is 2.76. The lowest BCUT2D eigenvalue weighted by atomic mass is 9.86. The van der Waals surface area contributed by atoms with Gasteiger partial charge in [-0.25, -0.2) is 8.78 Å². The van der Waals surface area contributed by atoms with Gasteiger partial charge in [-0.15, -0.1) is 0 Å².